The van der Waals surface area contributed by atoms with E-state index >= 15 is 0 Å². The fraction of sp³-hybridized carbons (Fsp3) is 0.0741. The van der Waals surface area contributed by atoms with Crippen LogP contribution in [0.4, 0.5) is 34.1 Å². The van der Waals surface area contributed by atoms with Gasteiger partial charge in [-0.1, -0.05) is 48.5 Å². The summed E-state index contributed by atoms with van der Waals surface area (Å²) in [6, 6.07) is 55.2. The molecule has 0 N–H and O–H groups in total. The van der Waals surface area contributed by atoms with Gasteiger partial charge in [0.05, 0.1) is 11.4 Å². The molecule has 0 aliphatic carbocycles. The average Bonchev–Trinajstić information content (AvgIpc) is 4.10. The van der Waals surface area contributed by atoms with E-state index in [4.69, 9.17) is 27.8 Å². The van der Waals surface area contributed by atoms with E-state index in [-0.39, 0.29) is 13.6 Å². The Labute approximate surface area is 355 Å². The first-order valence-electron chi connectivity index (χ1n) is 20.7. The smallest absolute Gasteiger partial charge is 0.231 e. The van der Waals surface area contributed by atoms with Crippen LogP contribution in [-0.4, -0.2) is 13.6 Å². The molecule has 2 aliphatic heterocycles. The molecule has 2 aliphatic rings. The summed E-state index contributed by atoms with van der Waals surface area (Å²) >= 11 is 0. The fourth-order valence-electron chi connectivity index (χ4n) is 9.31. The van der Waals surface area contributed by atoms with Crippen LogP contribution in [0.5, 0.6) is 23.0 Å². The summed E-state index contributed by atoms with van der Waals surface area (Å²) in [5.41, 5.74) is 11.8. The maximum atomic E-state index is 6.67. The molecular formula is C54H36N2O6. The topological polar surface area (TPSA) is 69.7 Å². The van der Waals surface area contributed by atoms with Crippen molar-refractivity contribution in [3.05, 3.63) is 169 Å². The van der Waals surface area contributed by atoms with Crippen LogP contribution in [0.1, 0.15) is 11.1 Å². The largest absolute Gasteiger partial charge is 0.456 e. The maximum Gasteiger partial charge on any atom is 0.231 e. The van der Waals surface area contributed by atoms with E-state index in [9.17, 15) is 0 Å². The van der Waals surface area contributed by atoms with Crippen LogP contribution in [0.15, 0.2) is 167 Å². The van der Waals surface area contributed by atoms with Gasteiger partial charge in [-0.2, -0.15) is 0 Å². The van der Waals surface area contributed by atoms with E-state index in [0.29, 0.717) is 0 Å². The van der Waals surface area contributed by atoms with Gasteiger partial charge in [0.2, 0.25) is 13.6 Å². The number of benzene rings is 9. The average molecular weight is 809 g/mol. The maximum absolute atomic E-state index is 6.67. The van der Waals surface area contributed by atoms with Gasteiger partial charge >= 0.3 is 0 Å². The first-order chi connectivity index (χ1) is 30.5. The first kappa shape index (κ1) is 34.7. The summed E-state index contributed by atoms with van der Waals surface area (Å²) in [4.78, 5) is 4.53. The number of rotatable bonds is 6. The monoisotopic (exact) mass is 808 g/mol. The van der Waals surface area contributed by atoms with Gasteiger partial charge in [-0.3, -0.25) is 0 Å². The lowest BCUT2D eigenvalue weighted by atomic mass is 10.0. The molecule has 13 rings (SSSR count). The Morgan fingerprint density at radius 2 is 0.726 bits per heavy atom. The second kappa shape index (κ2) is 13.2. The van der Waals surface area contributed by atoms with Crippen LogP contribution in [0.25, 0.3) is 65.4 Å². The molecule has 9 aromatic carbocycles. The van der Waals surface area contributed by atoms with Crippen LogP contribution in [-0.2, 0) is 0 Å². The molecule has 0 amide bonds. The molecule has 62 heavy (non-hydrogen) atoms. The Morgan fingerprint density at radius 1 is 0.339 bits per heavy atom. The van der Waals surface area contributed by atoms with Crippen molar-refractivity contribution in [2.75, 3.05) is 23.4 Å². The number of hydrogen-bond donors (Lipinski definition) is 0. The van der Waals surface area contributed by atoms with Gasteiger partial charge in [-0.05, 0) is 144 Å². The van der Waals surface area contributed by atoms with Crippen molar-refractivity contribution in [1.29, 1.82) is 0 Å². The Morgan fingerprint density at radius 3 is 1.19 bits per heavy atom. The zero-order valence-corrected chi connectivity index (χ0v) is 33.8. The van der Waals surface area contributed by atoms with Crippen molar-refractivity contribution in [1.82, 2.24) is 0 Å². The van der Waals surface area contributed by atoms with E-state index in [1.807, 2.05) is 24.3 Å². The number of ether oxygens (including phenoxy) is 4. The van der Waals surface area contributed by atoms with Gasteiger partial charge in [0.25, 0.3) is 0 Å². The molecule has 0 atom stereocenters. The van der Waals surface area contributed by atoms with Gasteiger partial charge in [-0.15, -0.1) is 0 Å². The first-order valence-corrected chi connectivity index (χ1v) is 20.7. The van der Waals surface area contributed by atoms with Gasteiger partial charge in [0.1, 0.15) is 22.3 Å². The van der Waals surface area contributed by atoms with Gasteiger partial charge in [0.15, 0.2) is 23.0 Å². The summed E-state index contributed by atoms with van der Waals surface area (Å²) in [6.45, 7) is 4.73. The van der Waals surface area contributed by atoms with E-state index in [1.54, 1.807) is 0 Å². The zero-order chi connectivity index (χ0) is 41.1. The number of hydrogen-bond acceptors (Lipinski definition) is 8. The molecular weight excluding hydrogens is 773 g/mol. The highest BCUT2D eigenvalue weighted by molar-refractivity contribution is 6.18. The zero-order valence-electron chi connectivity index (χ0n) is 33.8. The minimum atomic E-state index is 0.227. The molecule has 0 saturated heterocycles. The molecule has 2 aromatic heterocycles. The van der Waals surface area contributed by atoms with Gasteiger partial charge in [-0.25, -0.2) is 0 Å². The molecule has 298 valence electrons. The number of nitrogens with zero attached hydrogens (tertiary/aromatic N) is 2. The molecule has 0 fully saturated rings. The van der Waals surface area contributed by atoms with Crippen LogP contribution in [0.3, 0.4) is 0 Å². The van der Waals surface area contributed by atoms with Crippen molar-refractivity contribution in [3.8, 4) is 23.0 Å². The lowest BCUT2D eigenvalue weighted by Gasteiger charge is -2.27. The summed E-state index contributed by atoms with van der Waals surface area (Å²) in [7, 11) is 0. The lowest BCUT2D eigenvalue weighted by Crippen LogP contribution is -2.11. The normalized spacial score (nSPS) is 13.1. The Bertz CT molecular complexity index is 3420. The molecule has 0 spiro atoms. The predicted molar refractivity (Wildman–Crippen MR) is 247 cm³/mol. The van der Waals surface area contributed by atoms with Gasteiger partial charge in [0, 0.05) is 56.4 Å². The summed E-state index contributed by atoms with van der Waals surface area (Å²) in [6.07, 6.45) is 0. The number of anilines is 6. The molecule has 8 nitrogen and oxygen atoms in total. The second-order valence-electron chi connectivity index (χ2n) is 16.1. The van der Waals surface area contributed by atoms with Gasteiger partial charge < -0.3 is 37.6 Å². The Balaban J connectivity index is 0.901. The summed E-state index contributed by atoms with van der Waals surface area (Å²) < 4.78 is 36.2. The van der Waals surface area contributed by atoms with Crippen LogP contribution >= 0.6 is 0 Å². The predicted octanol–water partition coefficient (Wildman–Crippen LogP) is 14.8. The molecule has 0 bridgehead atoms. The molecule has 4 heterocycles. The van der Waals surface area contributed by atoms with E-state index in [1.165, 1.54) is 0 Å². The van der Waals surface area contributed by atoms with Crippen molar-refractivity contribution < 1.29 is 27.8 Å². The van der Waals surface area contributed by atoms with Crippen molar-refractivity contribution in [3.63, 3.8) is 0 Å². The van der Waals surface area contributed by atoms with Crippen LogP contribution < -0.4 is 28.7 Å². The highest BCUT2D eigenvalue weighted by Crippen LogP contribution is 2.46. The summed E-state index contributed by atoms with van der Waals surface area (Å²) in [5.74, 6) is 3.00. The van der Waals surface area contributed by atoms with Crippen molar-refractivity contribution >= 4 is 99.5 Å². The molecule has 0 saturated carbocycles. The standard InChI is InChI=1S/C54H36N2O6/c1-31-7-3-5-9-45(31)55(39-15-17-47-53(25-39)59-29-57-47)37-13-11-33-21-41-43-27-52-44(28-51(43)61-49(41)23-35(33)19-37)42-22-34-12-14-38(20-36(34)24-50(42)62-52)56(46-10-6-4-8-32(46)2)40-16-18-48-54(26-40)60-30-58-48/h3-28H,29-30H2,1-2H3. The Hall–Kier alpha value is -8.10. The third kappa shape index (κ3) is 5.39. The lowest BCUT2D eigenvalue weighted by molar-refractivity contribution is 0.173. The number of furan rings is 2. The number of aryl methyl sites for hydroxylation is 2. The Kier molecular flexibility index (Phi) is 7.39. The SMILES string of the molecule is Cc1ccccc1N(c1ccc2c(c1)OCO2)c1ccc2cc3c(cc2c1)oc1cc2c(cc13)oc1cc3cc(N(c4ccc5c(c4)OCO5)c4ccccc4C)ccc3cc12. The van der Waals surface area contributed by atoms with Crippen molar-refractivity contribution in [2.24, 2.45) is 0 Å². The molecule has 11 aromatic rings. The second-order valence-corrected chi connectivity index (χ2v) is 16.1. The fourth-order valence-corrected chi connectivity index (χ4v) is 9.31. The molecule has 0 unspecified atom stereocenters. The number of fused-ring (bicyclic) bond motifs is 10. The molecule has 0 radical (unpaired) electrons. The van der Waals surface area contributed by atoms with E-state index in [2.05, 4.69) is 157 Å². The van der Waals surface area contributed by atoms with Crippen LogP contribution in [0, 0.1) is 13.8 Å². The van der Waals surface area contributed by atoms with Crippen molar-refractivity contribution in [2.45, 2.75) is 13.8 Å². The minimum Gasteiger partial charge on any atom is -0.456 e. The van der Waals surface area contributed by atoms with Crippen LogP contribution in [0.2, 0.25) is 0 Å². The third-order valence-electron chi connectivity index (χ3n) is 12.4. The molecule has 8 heteroatoms. The quantitative estimate of drug-likeness (QED) is 0.164. The minimum absolute atomic E-state index is 0.227. The summed E-state index contributed by atoms with van der Waals surface area (Å²) in [5, 5.41) is 8.51. The highest BCUT2D eigenvalue weighted by Gasteiger charge is 2.23. The van der Waals surface area contributed by atoms with E-state index in [0.717, 1.165) is 134 Å². The number of para-hydroxylation sites is 2. The highest BCUT2D eigenvalue weighted by atomic mass is 16.7. The van der Waals surface area contributed by atoms with E-state index < -0.39 is 0 Å². The third-order valence-corrected chi connectivity index (χ3v) is 12.4.